The maximum absolute atomic E-state index is 9.83. The zero-order valence-electron chi connectivity index (χ0n) is 9.73. The average molecular weight is 219 g/mol. The van der Waals surface area contributed by atoms with E-state index in [-0.39, 0.29) is 5.92 Å². The molecular formula is C13H17NO2. The van der Waals surface area contributed by atoms with Gasteiger partial charge < -0.3 is 9.84 Å². The Bertz CT molecular complexity index is 414. The Hall–Kier alpha value is -1.19. The van der Waals surface area contributed by atoms with E-state index >= 15 is 0 Å². The molecule has 3 nitrogen and oxygen atoms in total. The van der Waals surface area contributed by atoms with Crippen LogP contribution >= 0.6 is 0 Å². The predicted octanol–water partition coefficient (Wildman–Crippen LogP) is 2.25. The molecule has 2 atom stereocenters. The van der Waals surface area contributed by atoms with Gasteiger partial charge in [0.05, 0.1) is 5.69 Å². The van der Waals surface area contributed by atoms with E-state index in [0.29, 0.717) is 0 Å². The average Bonchev–Trinajstić information content (AvgIpc) is 2.28. The van der Waals surface area contributed by atoms with Crippen LogP contribution in [-0.2, 0) is 4.74 Å². The number of nitrogens with zero attached hydrogens (tertiary/aromatic N) is 1. The second-order valence-electron chi connectivity index (χ2n) is 4.33. The fourth-order valence-electron chi connectivity index (χ4n) is 2.23. The first-order valence-corrected chi connectivity index (χ1v) is 5.49. The summed E-state index contributed by atoms with van der Waals surface area (Å²) in [6, 6.07) is 2.07. The third-order valence-corrected chi connectivity index (χ3v) is 3.13. The summed E-state index contributed by atoms with van der Waals surface area (Å²) in [4.78, 5) is 4.40. The molecule has 2 rings (SSSR count). The zero-order chi connectivity index (χ0) is 11.7. The van der Waals surface area contributed by atoms with Crippen molar-refractivity contribution in [3.05, 3.63) is 35.7 Å². The van der Waals surface area contributed by atoms with Crippen molar-refractivity contribution in [1.29, 1.82) is 0 Å². The van der Waals surface area contributed by atoms with Crippen LogP contribution in [0.1, 0.15) is 35.6 Å². The number of pyridine rings is 1. The van der Waals surface area contributed by atoms with Crippen LogP contribution in [0.15, 0.2) is 18.8 Å². The Labute approximate surface area is 95.8 Å². The molecule has 1 aromatic heterocycles. The van der Waals surface area contributed by atoms with Crippen molar-refractivity contribution >= 4 is 5.57 Å². The Kier molecular flexibility index (Phi) is 3.08. The maximum Gasteiger partial charge on any atom is 0.161 e. The lowest BCUT2D eigenvalue weighted by molar-refractivity contribution is -0.0933. The van der Waals surface area contributed by atoms with E-state index in [0.717, 1.165) is 35.2 Å². The molecule has 1 aliphatic carbocycles. The van der Waals surface area contributed by atoms with E-state index in [9.17, 15) is 5.11 Å². The topological polar surface area (TPSA) is 42.4 Å². The maximum atomic E-state index is 9.83. The Balaban J connectivity index is 2.45. The quantitative estimate of drug-likeness (QED) is 0.776. The van der Waals surface area contributed by atoms with Crippen molar-refractivity contribution < 1.29 is 9.84 Å². The van der Waals surface area contributed by atoms with Crippen molar-refractivity contribution in [2.24, 2.45) is 0 Å². The summed E-state index contributed by atoms with van der Waals surface area (Å²) in [5.41, 5.74) is 4.14. The molecule has 0 amide bonds. The first-order valence-electron chi connectivity index (χ1n) is 5.49. The third-order valence-electron chi connectivity index (χ3n) is 3.13. The minimum absolute atomic E-state index is 0.0119. The molecule has 1 N–H and O–H groups in total. The van der Waals surface area contributed by atoms with Gasteiger partial charge in [-0.1, -0.05) is 12.6 Å². The molecule has 0 bridgehead atoms. The minimum Gasteiger partial charge on any atom is -0.367 e. The molecule has 0 radical (unpaired) electrons. The lowest BCUT2D eigenvalue weighted by Crippen LogP contribution is -2.24. The summed E-state index contributed by atoms with van der Waals surface area (Å²) in [7, 11) is 1.52. The van der Waals surface area contributed by atoms with E-state index < -0.39 is 6.29 Å². The van der Waals surface area contributed by atoms with E-state index in [1.807, 2.05) is 13.1 Å². The van der Waals surface area contributed by atoms with Crippen molar-refractivity contribution in [2.75, 3.05) is 7.11 Å². The predicted molar refractivity (Wildman–Crippen MR) is 63.0 cm³/mol. The molecule has 0 saturated carbocycles. The van der Waals surface area contributed by atoms with Gasteiger partial charge in [0.25, 0.3) is 0 Å². The van der Waals surface area contributed by atoms with Gasteiger partial charge in [0.15, 0.2) is 6.29 Å². The normalized spacial score (nSPS) is 21.7. The minimum atomic E-state index is -0.754. The standard InChI is InChI=1S/C13H17NO2/c1-8-6-11-10(13(15)16-3)5-4-9(2)12(11)14-7-8/h6-7,10,13,15H,2,4-5H2,1,3H3. The monoisotopic (exact) mass is 219 g/mol. The lowest BCUT2D eigenvalue weighted by Gasteiger charge is -2.29. The van der Waals surface area contributed by atoms with Crippen LogP contribution in [0, 0.1) is 6.92 Å². The molecule has 2 unspecified atom stereocenters. The number of fused-ring (bicyclic) bond motifs is 1. The number of aryl methyl sites for hydroxylation is 1. The molecule has 16 heavy (non-hydrogen) atoms. The van der Waals surface area contributed by atoms with Gasteiger partial charge in [0.2, 0.25) is 0 Å². The van der Waals surface area contributed by atoms with Gasteiger partial charge in [-0.15, -0.1) is 0 Å². The van der Waals surface area contributed by atoms with Crippen LogP contribution in [0.25, 0.3) is 5.57 Å². The van der Waals surface area contributed by atoms with Crippen molar-refractivity contribution in [3.8, 4) is 0 Å². The number of aromatic nitrogens is 1. The number of methoxy groups -OCH3 is 1. The number of aliphatic hydroxyl groups is 1. The van der Waals surface area contributed by atoms with Crippen molar-refractivity contribution in [1.82, 2.24) is 4.98 Å². The van der Waals surface area contributed by atoms with Crippen molar-refractivity contribution in [2.45, 2.75) is 32.0 Å². The number of rotatable bonds is 2. The highest BCUT2D eigenvalue weighted by atomic mass is 16.6. The second kappa shape index (κ2) is 4.36. The second-order valence-corrected chi connectivity index (χ2v) is 4.33. The summed E-state index contributed by atoms with van der Waals surface area (Å²) >= 11 is 0. The van der Waals surface area contributed by atoms with Gasteiger partial charge in [-0.05, 0) is 36.5 Å². The molecule has 86 valence electrons. The summed E-state index contributed by atoms with van der Waals surface area (Å²) < 4.78 is 5.02. The van der Waals surface area contributed by atoms with Crippen LogP contribution < -0.4 is 0 Å². The first-order chi connectivity index (χ1) is 7.63. The summed E-state index contributed by atoms with van der Waals surface area (Å²) in [5.74, 6) is 0.0119. The fraction of sp³-hybridized carbons (Fsp3) is 0.462. The number of aliphatic hydroxyl groups excluding tert-OH is 1. The van der Waals surface area contributed by atoms with Crippen LogP contribution in [-0.4, -0.2) is 23.5 Å². The summed E-state index contributed by atoms with van der Waals surface area (Å²) in [5, 5.41) is 9.83. The van der Waals surface area contributed by atoms with Gasteiger partial charge in [-0.25, -0.2) is 0 Å². The number of ether oxygens (including phenoxy) is 1. The van der Waals surface area contributed by atoms with E-state index in [1.54, 1.807) is 0 Å². The van der Waals surface area contributed by atoms with E-state index in [4.69, 9.17) is 4.74 Å². The van der Waals surface area contributed by atoms with Crippen LogP contribution in [0.3, 0.4) is 0 Å². The van der Waals surface area contributed by atoms with Crippen LogP contribution in [0.4, 0.5) is 0 Å². The van der Waals surface area contributed by atoms with Gasteiger partial charge in [-0.3, -0.25) is 4.98 Å². The third kappa shape index (κ3) is 1.88. The van der Waals surface area contributed by atoms with Crippen LogP contribution in [0.5, 0.6) is 0 Å². The molecule has 1 aliphatic rings. The summed E-state index contributed by atoms with van der Waals surface area (Å²) in [6.45, 7) is 6.02. The Morgan fingerprint density at radius 2 is 2.38 bits per heavy atom. The first kappa shape index (κ1) is 11.3. The molecular weight excluding hydrogens is 202 g/mol. The fourth-order valence-corrected chi connectivity index (χ4v) is 2.23. The lowest BCUT2D eigenvalue weighted by atomic mass is 9.82. The summed E-state index contributed by atoms with van der Waals surface area (Å²) in [6.07, 6.45) is 2.82. The molecule has 0 spiro atoms. The van der Waals surface area contributed by atoms with Gasteiger partial charge in [-0.2, -0.15) is 0 Å². The van der Waals surface area contributed by atoms with Crippen LogP contribution in [0.2, 0.25) is 0 Å². The van der Waals surface area contributed by atoms with Gasteiger partial charge >= 0.3 is 0 Å². The molecule has 3 heteroatoms. The van der Waals surface area contributed by atoms with Gasteiger partial charge in [0.1, 0.15) is 0 Å². The largest absolute Gasteiger partial charge is 0.367 e. The molecule has 0 fully saturated rings. The zero-order valence-corrected chi connectivity index (χ0v) is 9.73. The highest BCUT2D eigenvalue weighted by molar-refractivity contribution is 5.66. The Morgan fingerprint density at radius 3 is 3.06 bits per heavy atom. The molecule has 1 aromatic rings. The SMILES string of the molecule is C=C1CCC(C(O)OC)c2cc(C)cnc21. The smallest absolute Gasteiger partial charge is 0.161 e. The molecule has 0 aromatic carbocycles. The highest BCUT2D eigenvalue weighted by Gasteiger charge is 2.29. The van der Waals surface area contributed by atoms with Gasteiger partial charge in [0, 0.05) is 19.2 Å². The van der Waals surface area contributed by atoms with Crippen molar-refractivity contribution in [3.63, 3.8) is 0 Å². The molecule has 1 heterocycles. The number of allylic oxidation sites excluding steroid dienone is 1. The molecule has 0 saturated heterocycles. The highest BCUT2D eigenvalue weighted by Crippen LogP contribution is 2.38. The number of hydrogen-bond donors (Lipinski definition) is 1. The van der Waals surface area contributed by atoms with E-state index in [1.165, 1.54) is 7.11 Å². The van der Waals surface area contributed by atoms with E-state index in [2.05, 4.69) is 17.6 Å². The molecule has 0 aliphatic heterocycles. The Morgan fingerprint density at radius 1 is 1.62 bits per heavy atom. The number of hydrogen-bond acceptors (Lipinski definition) is 3.